The van der Waals surface area contributed by atoms with Crippen LogP contribution < -0.4 is 4.74 Å². The van der Waals surface area contributed by atoms with Crippen LogP contribution in [0.2, 0.25) is 0 Å². The lowest BCUT2D eigenvalue weighted by Gasteiger charge is -2.12. The van der Waals surface area contributed by atoms with Crippen molar-refractivity contribution in [2.45, 2.75) is 32.2 Å². The molecule has 2 aromatic rings. The molecule has 0 bridgehead atoms. The summed E-state index contributed by atoms with van der Waals surface area (Å²) < 4.78 is 7.02. The van der Waals surface area contributed by atoms with Crippen molar-refractivity contribution >= 4 is 5.78 Å². The van der Waals surface area contributed by atoms with Gasteiger partial charge in [0, 0.05) is 12.5 Å². The summed E-state index contributed by atoms with van der Waals surface area (Å²) >= 11 is 0. The van der Waals surface area contributed by atoms with Crippen LogP contribution in [-0.2, 0) is 13.0 Å². The van der Waals surface area contributed by atoms with Gasteiger partial charge in [-0.25, -0.2) is 0 Å². The van der Waals surface area contributed by atoms with E-state index in [1.165, 1.54) is 5.56 Å². The Labute approximate surface area is 118 Å². The van der Waals surface area contributed by atoms with E-state index >= 15 is 0 Å². The van der Waals surface area contributed by atoms with E-state index in [1.807, 2.05) is 19.1 Å². The second-order valence-corrected chi connectivity index (χ2v) is 5.03. The van der Waals surface area contributed by atoms with E-state index < -0.39 is 0 Å². The monoisotopic (exact) mass is 270 g/mol. The van der Waals surface area contributed by atoms with Gasteiger partial charge in [-0.2, -0.15) is 5.10 Å². The van der Waals surface area contributed by atoms with Crippen molar-refractivity contribution in [3.63, 3.8) is 0 Å². The summed E-state index contributed by atoms with van der Waals surface area (Å²) in [7, 11) is 1.58. The molecule has 1 heterocycles. The Hall–Kier alpha value is -2.10. The van der Waals surface area contributed by atoms with Crippen LogP contribution in [0.25, 0.3) is 0 Å². The largest absolute Gasteiger partial charge is 0.493 e. The number of nitrogens with zero attached hydrogens (tertiary/aromatic N) is 2. The topological polar surface area (TPSA) is 44.1 Å². The molecule has 3 rings (SSSR count). The zero-order valence-corrected chi connectivity index (χ0v) is 11.8. The zero-order chi connectivity index (χ0) is 14.1. The number of aryl methyl sites for hydroxylation is 2. The van der Waals surface area contributed by atoms with Gasteiger partial charge in [0.25, 0.3) is 0 Å². The van der Waals surface area contributed by atoms with Crippen LogP contribution in [0, 0.1) is 0 Å². The van der Waals surface area contributed by atoms with Crippen LogP contribution in [-0.4, -0.2) is 22.7 Å². The molecule has 0 saturated heterocycles. The lowest BCUT2D eigenvalue weighted by atomic mass is 9.94. The summed E-state index contributed by atoms with van der Waals surface area (Å²) in [6.45, 7) is 2.64. The van der Waals surface area contributed by atoms with Crippen molar-refractivity contribution in [1.29, 1.82) is 0 Å². The van der Waals surface area contributed by atoms with Gasteiger partial charge in [0.05, 0.1) is 13.3 Å². The van der Waals surface area contributed by atoms with Gasteiger partial charge in [-0.15, -0.1) is 0 Å². The molecule has 1 aromatic heterocycles. The highest BCUT2D eigenvalue weighted by Crippen LogP contribution is 2.36. The van der Waals surface area contributed by atoms with Crippen molar-refractivity contribution in [1.82, 2.24) is 9.78 Å². The number of carbonyl (C=O) groups is 1. The predicted octanol–water partition coefficient (Wildman–Crippen LogP) is 2.82. The number of ketones is 1. The summed E-state index contributed by atoms with van der Waals surface area (Å²) in [5.41, 5.74) is 3.03. The second-order valence-electron chi connectivity index (χ2n) is 5.03. The lowest BCUT2D eigenvalue weighted by molar-refractivity contribution is 0.0946. The third-order valence-electron chi connectivity index (χ3n) is 4.01. The van der Waals surface area contributed by atoms with Gasteiger partial charge in [0.1, 0.15) is 5.69 Å². The maximum Gasteiger partial charge on any atom is 0.192 e. The Balaban J connectivity index is 2.00. The van der Waals surface area contributed by atoms with Crippen molar-refractivity contribution in [2.75, 3.05) is 7.11 Å². The molecule has 104 valence electrons. The Morgan fingerprint density at radius 1 is 1.45 bits per heavy atom. The van der Waals surface area contributed by atoms with Crippen LogP contribution in [0.5, 0.6) is 5.75 Å². The predicted molar refractivity (Wildman–Crippen MR) is 76.3 cm³/mol. The number of benzene rings is 1. The maximum absolute atomic E-state index is 12.9. The molecule has 1 aliphatic carbocycles. The van der Waals surface area contributed by atoms with Crippen molar-refractivity contribution in [3.05, 3.63) is 47.3 Å². The fraction of sp³-hybridized carbons (Fsp3) is 0.375. The van der Waals surface area contributed by atoms with Gasteiger partial charge in [-0.1, -0.05) is 24.3 Å². The molecule has 20 heavy (non-hydrogen) atoms. The van der Waals surface area contributed by atoms with Gasteiger partial charge in [-0.3, -0.25) is 9.48 Å². The molecule has 1 aliphatic rings. The Morgan fingerprint density at radius 2 is 2.25 bits per heavy atom. The minimum atomic E-state index is -0.0675. The quantitative estimate of drug-likeness (QED) is 0.802. The maximum atomic E-state index is 12.9. The number of Topliss-reactive ketones (excluding diaryl/α,β-unsaturated/α-hetero) is 1. The molecule has 1 aromatic carbocycles. The van der Waals surface area contributed by atoms with Gasteiger partial charge < -0.3 is 4.74 Å². The summed E-state index contributed by atoms with van der Waals surface area (Å²) in [6.07, 6.45) is 3.46. The molecule has 4 nitrogen and oxygen atoms in total. The Morgan fingerprint density at radius 3 is 3.00 bits per heavy atom. The average Bonchev–Trinajstić information content (AvgIpc) is 3.10. The molecule has 4 heteroatoms. The molecule has 1 unspecified atom stereocenters. The van der Waals surface area contributed by atoms with E-state index in [1.54, 1.807) is 18.0 Å². The normalized spacial score (nSPS) is 17.0. The minimum absolute atomic E-state index is 0.0675. The fourth-order valence-corrected chi connectivity index (χ4v) is 3.00. The molecular weight excluding hydrogens is 252 g/mol. The second kappa shape index (κ2) is 5.12. The van der Waals surface area contributed by atoms with E-state index in [0.29, 0.717) is 18.0 Å². The number of hydrogen-bond donors (Lipinski definition) is 0. The smallest absolute Gasteiger partial charge is 0.192 e. The fourth-order valence-electron chi connectivity index (χ4n) is 3.00. The van der Waals surface area contributed by atoms with E-state index in [-0.39, 0.29) is 11.7 Å². The molecular formula is C16H18N2O2. The molecule has 1 atom stereocenters. The van der Waals surface area contributed by atoms with Crippen LogP contribution in [0.15, 0.2) is 30.5 Å². The number of ether oxygens (including phenoxy) is 1. The molecule has 0 saturated carbocycles. The van der Waals surface area contributed by atoms with Crippen LogP contribution in [0.1, 0.15) is 40.9 Å². The van der Waals surface area contributed by atoms with Crippen LogP contribution in [0.3, 0.4) is 0 Å². The van der Waals surface area contributed by atoms with E-state index in [0.717, 1.165) is 18.4 Å². The van der Waals surface area contributed by atoms with Crippen molar-refractivity contribution in [2.24, 2.45) is 0 Å². The highest BCUT2D eigenvalue weighted by atomic mass is 16.5. The molecule has 0 aliphatic heterocycles. The summed E-state index contributed by atoms with van der Waals surface area (Å²) in [4.78, 5) is 12.9. The summed E-state index contributed by atoms with van der Waals surface area (Å²) in [5.74, 6) is 0.620. The first-order valence-corrected chi connectivity index (χ1v) is 6.98. The van der Waals surface area contributed by atoms with Crippen molar-refractivity contribution in [3.8, 4) is 5.75 Å². The summed E-state index contributed by atoms with van der Waals surface area (Å²) in [6, 6.07) is 8.20. The lowest BCUT2D eigenvalue weighted by Crippen LogP contribution is -2.16. The van der Waals surface area contributed by atoms with E-state index in [2.05, 4.69) is 17.2 Å². The minimum Gasteiger partial charge on any atom is -0.493 e. The number of carbonyl (C=O) groups excluding carboxylic acids is 1. The first-order valence-electron chi connectivity index (χ1n) is 6.98. The molecule has 0 radical (unpaired) electrons. The Kier molecular flexibility index (Phi) is 3.30. The average molecular weight is 270 g/mol. The summed E-state index contributed by atoms with van der Waals surface area (Å²) in [5, 5.41) is 4.22. The number of hydrogen-bond acceptors (Lipinski definition) is 3. The SMILES string of the molecule is CCn1ncc(OC)c1C(=O)C1CCc2ccccc21. The van der Waals surface area contributed by atoms with Gasteiger partial charge in [0.2, 0.25) is 0 Å². The highest BCUT2D eigenvalue weighted by Gasteiger charge is 2.32. The molecule has 0 amide bonds. The van der Waals surface area contributed by atoms with E-state index in [9.17, 15) is 4.79 Å². The Bertz CT molecular complexity index is 624. The molecule has 0 spiro atoms. The first-order chi connectivity index (χ1) is 9.76. The van der Waals surface area contributed by atoms with Crippen molar-refractivity contribution < 1.29 is 9.53 Å². The zero-order valence-electron chi connectivity index (χ0n) is 11.8. The third-order valence-corrected chi connectivity index (χ3v) is 4.01. The third kappa shape index (κ3) is 1.92. The number of methoxy groups -OCH3 is 1. The number of aromatic nitrogens is 2. The van der Waals surface area contributed by atoms with Crippen LogP contribution >= 0.6 is 0 Å². The van der Waals surface area contributed by atoms with Gasteiger partial charge >= 0.3 is 0 Å². The number of fused-ring (bicyclic) bond motifs is 1. The highest BCUT2D eigenvalue weighted by molar-refractivity contribution is 6.02. The van der Waals surface area contributed by atoms with Gasteiger partial charge in [-0.05, 0) is 30.9 Å². The van der Waals surface area contributed by atoms with E-state index in [4.69, 9.17) is 4.74 Å². The standard InChI is InChI=1S/C16H18N2O2/c1-3-18-15(14(20-2)10-17-18)16(19)13-9-8-11-6-4-5-7-12(11)13/h4-7,10,13H,3,8-9H2,1-2H3. The molecule has 0 fully saturated rings. The number of rotatable bonds is 4. The van der Waals surface area contributed by atoms with Gasteiger partial charge in [0.15, 0.2) is 11.5 Å². The van der Waals surface area contributed by atoms with Crippen LogP contribution in [0.4, 0.5) is 0 Å². The molecule has 0 N–H and O–H groups in total. The first kappa shape index (κ1) is 12.9.